The second-order valence-electron chi connectivity index (χ2n) is 9.23. The Morgan fingerprint density at radius 2 is 1.73 bits per heavy atom. The summed E-state index contributed by atoms with van der Waals surface area (Å²) in [5.74, 6) is 1.42. The van der Waals surface area contributed by atoms with E-state index in [9.17, 15) is 9.59 Å². The fraction of sp³-hybridized carbons (Fsp3) is 0.625. The van der Waals surface area contributed by atoms with Crippen molar-refractivity contribution in [2.24, 2.45) is 0 Å². The van der Waals surface area contributed by atoms with Gasteiger partial charge >= 0.3 is 0 Å². The largest absolute Gasteiger partial charge is 0.341 e. The first kappa shape index (κ1) is 19.6. The van der Waals surface area contributed by atoms with E-state index in [0.717, 1.165) is 62.2 Å². The average molecular weight is 409 g/mol. The summed E-state index contributed by atoms with van der Waals surface area (Å²) in [5, 5.41) is 0. The lowest BCUT2D eigenvalue weighted by Gasteiger charge is -2.24. The van der Waals surface area contributed by atoms with E-state index in [1.807, 2.05) is 29.2 Å². The number of nitrogens with zero attached hydrogens (tertiary/aromatic N) is 4. The number of hydrogen-bond donors (Lipinski definition) is 0. The zero-order valence-electron chi connectivity index (χ0n) is 17.8. The Labute approximate surface area is 178 Å². The summed E-state index contributed by atoms with van der Waals surface area (Å²) in [6, 6.07) is 8.46. The van der Waals surface area contributed by atoms with Gasteiger partial charge in [0.2, 0.25) is 11.8 Å². The molecule has 0 bridgehead atoms. The maximum absolute atomic E-state index is 13.2. The van der Waals surface area contributed by atoms with Gasteiger partial charge in [0.05, 0.1) is 11.0 Å². The van der Waals surface area contributed by atoms with E-state index in [1.54, 1.807) is 0 Å². The number of para-hydroxylation sites is 2. The molecule has 0 N–H and O–H groups in total. The molecule has 5 rings (SSSR count). The van der Waals surface area contributed by atoms with Crippen LogP contribution in [0.5, 0.6) is 0 Å². The number of fused-ring (bicyclic) bond motifs is 1. The number of aromatic nitrogens is 2. The van der Waals surface area contributed by atoms with Gasteiger partial charge in [-0.3, -0.25) is 9.59 Å². The Kier molecular flexibility index (Phi) is 5.48. The van der Waals surface area contributed by atoms with Crippen molar-refractivity contribution in [3.05, 3.63) is 30.1 Å². The molecule has 1 saturated carbocycles. The first-order valence-corrected chi connectivity index (χ1v) is 11.7. The molecule has 6 heteroatoms. The normalized spacial score (nSPS) is 23.5. The molecule has 1 unspecified atom stereocenters. The smallest absolute Gasteiger partial charge is 0.242 e. The van der Waals surface area contributed by atoms with Crippen LogP contribution in [0.15, 0.2) is 24.3 Å². The molecular weight excluding hydrogens is 376 g/mol. The van der Waals surface area contributed by atoms with Gasteiger partial charge in [-0.05, 0) is 37.8 Å². The van der Waals surface area contributed by atoms with E-state index in [1.165, 1.54) is 25.7 Å². The fourth-order valence-electron chi connectivity index (χ4n) is 5.60. The molecule has 160 valence electrons. The van der Waals surface area contributed by atoms with Crippen LogP contribution in [0.1, 0.15) is 69.5 Å². The molecule has 3 aliphatic rings. The number of carbonyl (C=O) groups is 2. The Bertz CT molecular complexity index is 922. The van der Waals surface area contributed by atoms with E-state index >= 15 is 0 Å². The summed E-state index contributed by atoms with van der Waals surface area (Å²) in [6.07, 6.45) is 9.83. The minimum absolute atomic E-state index is 0.0717. The first-order chi connectivity index (χ1) is 14.7. The lowest BCUT2D eigenvalue weighted by molar-refractivity contribution is -0.132. The molecule has 1 aliphatic carbocycles. The summed E-state index contributed by atoms with van der Waals surface area (Å²) in [5.41, 5.74) is 1.92. The van der Waals surface area contributed by atoms with Crippen molar-refractivity contribution in [2.75, 3.05) is 19.6 Å². The highest BCUT2D eigenvalue weighted by Crippen LogP contribution is 2.35. The van der Waals surface area contributed by atoms with Gasteiger partial charge in [0.15, 0.2) is 0 Å². The van der Waals surface area contributed by atoms with Gasteiger partial charge in [-0.2, -0.15) is 0 Å². The molecule has 30 heavy (non-hydrogen) atoms. The zero-order chi connectivity index (χ0) is 20.5. The van der Waals surface area contributed by atoms with E-state index in [2.05, 4.69) is 9.47 Å². The second kappa shape index (κ2) is 8.40. The number of rotatable bonds is 4. The van der Waals surface area contributed by atoms with E-state index < -0.39 is 0 Å². The monoisotopic (exact) mass is 408 g/mol. The van der Waals surface area contributed by atoms with Crippen molar-refractivity contribution in [2.45, 2.75) is 76.3 Å². The highest BCUT2D eigenvalue weighted by molar-refractivity contribution is 5.83. The fourth-order valence-corrected chi connectivity index (χ4v) is 5.60. The zero-order valence-corrected chi connectivity index (χ0v) is 17.8. The topological polar surface area (TPSA) is 58.4 Å². The van der Waals surface area contributed by atoms with Gasteiger partial charge in [0, 0.05) is 38.0 Å². The van der Waals surface area contributed by atoms with Crippen LogP contribution in [0.3, 0.4) is 0 Å². The summed E-state index contributed by atoms with van der Waals surface area (Å²) in [7, 11) is 0. The molecule has 2 aromatic rings. The number of imidazole rings is 1. The van der Waals surface area contributed by atoms with Crippen molar-refractivity contribution in [3.63, 3.8) is 0 Å². The molecule has 1 aromatic heterocycles. The summed E-state index contributed by atoms with van der Waals surface area (Å²) in [4.78, 5) is 35.0. The van der Waals surface area contributed by atoms with Gasteiger partial charge in [0.1, 0.15) is 12.4 Å². The first-order valence-electron chi connectivity index (χ1n) is 11.7. The molecule has 1 aromatic carbocycles. The van der Waals surface area contributed by atoms with Crippen LogP contribution in [-0.2, 0) is 16.1 Å². The highest BCUT2D eigenvalue weighted by Gasteiger charge is 2.38. The molecule has 3 heterocycles. The van der Waals surface area contributed by atoms with Gasteiger partial charge in [0.25, 0.3) is 0 Å². The third-order valence-electron chi connectivity index (χ3n) is 7.23. The molecule has 0 radical (unpaired) electrons. The molecule has 2 amide bonds. The highest BCUT2D eigenvalue weighted by atomic mass is 16.2. The predicted octanol–water partition coefficient (Wildman–Crippen LogP) is 3.70. The molecule has 3 fully saturated rings. The number of hydrogen-bond acceptors (Lipinski definition) is 3. The Balaban J connectivity index is 1.42. The quantitative estimate of drug-likeness (QED) is 0.775. The van der Waals surface area contributed by atoms with Crippen molar-refractivity contribution in [1.29, 1.82) is 0 Å². The lowest BCUT2D eigenvalue weighted by atomic mass is 10.1. The van der Waals surface area contributed by atoms with Gasteiger partial charge in [-0.15, -0.1) is 0 Å². The molecular formula is C24H32N4O2. The number of benzene rings is 1. The van der Waals surface area contributed by atoms with E-state index in [-0.39, 0.29) is 17.7 Å². The minimum atomic E-state index is 0.0717. The molecule has 2 saturated heterocycles. The van der Waals surface area contributed by atoms with Gasteiger partial charge in [-0.25, -0.2) is 4.98 Å². The van der Waals surface area contributed by atoms with Crippen molar-refractivity contribution < 1.29 is 9.59 Å². The van der Waals surface area contributed by atoms with Crippen LogP contribution in [0.4, 0.5) is 0 Å². The maximum Gasteiger partial charge on any atom is 0.242 e. The molecule has 2 aliphatic heterocycles. The number of amides is 2. The SMILES string of the molecule is O=C(Cn1c(C2CC(=O)N(C3CCCC3)C2)nc2ccccc21)N1CCCCCC1. The standard InChI is InChI=1S/C24H32N4O2/c29-22-15-18(16-27(22)19-9-3-4-10-19)24-25-20-11-5-6-12-21(20)28(24)17-23(30)26-13-7-1-2-8-14-26/h5-6,11-12,18-19H,1-4,7-10,13-17H2. The molecule has 6 nitrogen and oxygen atoms in total. The Hall–Kier alpha value is -2.37. The van der Waals surface area contributed by atoms with Gasteiger partial charge < -0.3 is 14.4 Å². The van der Waals surface area contributed by atoms with Crippen LogP contribution in [0.2, 0.25) is 0 Å². The lowest BCUT2D eigenvalue weighted by Crippen LogP contribution is -2.35. The Morgan fingerprint density at radius 3 is 2.50 bits per heavy atom. The predicted molar refractivity (Wildman–Crippen MR) is 116 cm³/mol. The molecule has 1 atom stereocenters. The van der Waals surface area contributed by atoms with Crippen LogP contribution in [-0.4, -0.2) is 56.8 Å². The number of carbonyl (C=O) groups excluding carboxylic acids is 2. The number of likely N-dealkylation sites (tertiary alicyclic amines) is 2. The third-order valence-corrected chi connectivity index (χ3v) is 7.23. The minimum Gasteiger partial charge on any atom is -0.341 e. The second-order valence-corrected chi connectivity index (χ2v) is 9.23. The third kappa shape index (κ3) is 3.72. The Morgan fingerprint density at radius 1 is 1.00 bits per heavy atom. The van der Waals surface area contributed by atoms with Crippen molar-refractivity contribution >= 4 is 22.8 Å². The van der Waals surface area contributed by atoms with E-state index in [4.69, 9.17) is 4.98 Å². The van der Waals surface area contributed by atoms with Crippen LogP contribution < -0.4 is 0 Å². The van der Waals surface area contributed by atoms with Crippen LogP contribution >= 0.6 is 0 Å². The van der Waals surface area contributed by atoms with Crippen molar-refractivity contribution in [3.8, 4) is 0 Å². The van der Waals surface area contributed by atoms with Crippen LogP contribution in [0.25, 0.3) is 11.0 Å². The van der Waals surface area contributed by atoms with E-state index in [0.29, 0.717) is 19.0 Å². The molecule has 0 spiro atoms. The summed E-state index contributed by atoms with van der Waals surface area (Å²) >= 11 is 0. The summed E-state index contributed by atoms with van der Waals surface area (Å²) in [6.45, 7) is 2.78. The van der Waals surface area contributed by atoms with Crippen molar-refractivity contribution in [1.82, 2.24) is 19.4 Å². The van der Waals surface area contributed by atoms with Crippen LogP contribution in [0, 0.1) is 0 Å². The average Bonchev–Trinajstić information content (AvgIpc) is 3.43. The summed E-state index contributed by atoms with van der Waals surface area (Å²) < 4.78 is 2.10. The van der Waals surface area contributed by atoms with Gasteiger partial charge in [-0.1, -0.05) is 37.8 Å². The maximum atomic E-state index is 13.2.